The number of benzene rings is 1. The van der Waals surface area contributed by atoms with E-state index in [1.807, 2.05) is 4.90 Å². The average molecular weight is 410 g/mol. The van der Waals surface area contributed by atoms with Crippen LogP contribution in [0.3, 0.4) is 0 Å². The van der Waals surface area contributed by atoms with Crippen molar-refractivity contribution in [1.29, 1.82) is 0 Å². The molecule has 1 N–H and O–H groups in total. The summed E-state index contributed by atoms with van der Waals surface area (Å²) in [4.78, 5) is 19.7. The zero-order valence-corrected chi connectivity index (χ0v) is 17.0. The zero-order chi connectivity index (χ0) is 20.3. The van der Waals surface area contributed by atoms with Gasteiger partial charge in [-0.15, -0.1) is 0 Å². The number of rotatable bonds is 3. The Labute approximate surface area is 175 Å². The summed E-state index contributed by atoms with van der Waals surface area (Å²) in [5.74, 6) is 2.97. The lowest BCUT2D eigenvalue weighted by Crippen LogP contribution is -2.61. The number of urea groups is 1. The van der Waals surface area contributed by atoms with Gasteiger partial charge in [0, 0.05) is 17.6 Å². The first-order valence-corrected chi connectivity index (χ1v) is 11.3. The summed E-state index contributed by atoms with van der Waals surface area (Å²) in [6.45, 7) is 0.705. The van der Waals surface area contributed by atoms with Crippen LogP contribution in [0.1, 0.15) is 63.3 Å². The molecule has 7 heteroatoms. The van der Waals surface area contributed by atoms with Crippen LogP contribution in [0.4, 0.5) is 9.18 Å². The van der Waals surface area contributed by atoms with Crippen LogP contribution in [0.25, 0.3) is 11.4 Å². The minimum atomic E-state index is -0.300. The molecular weight excluding hydrogens is 383 g/mol. The highest BCUT2D eigenvalue weighted by Crippen LogP contribution is 2.55. The molecule has 158 valence electrons. The highest BCUT2D eigenvalue weighted by molar-refractivity contribution is 5.76. The van der Waals surface area contributed by atoms with Crippen molar-refractivity contribution in [1.82, 2.24) is 20.4 Å². The molecule has 2 amide bonds. The molecule has 4 bridgehead atoms. The quantitative estimate of drug-likeness (QED) is 0.797. The maximum Gasteiger partial charge on any atom is 0.318 e. The molecule has 2 aromatic rings. The lowest BCUT2D eigenvalue weighted by molar-refractivity contribution is -0.0160. The highest BCUT2D eigenvalue weighted by atomic mass is 19.1. The Morgan fingerprint density at radius 3 is 2.43 bits per heavy atom. The van der Waals surface area contributed by atoms with E-state index in [-0.39, 0.29) is 23.4 Å². The Morgan fingerprint density at radius 1 is 1.10 bits per heavy atom. The van der Waals surface area contributed by atoms with Crippen molar-refractivity contribution in [2.75, 3.05) is 6.54 Å². The largest absolute Gasteiger partial charge is 0.337 e. The van der Waals surface area contributed by atoms with Gasteiger partial charge in [0.15, 0.2) is 0 Å². The van der Waals surface area contributed by atoms with Gasteiger partial charge in [-0.05, 0) is 93.4 Å². The number of nitrogens with one attached hydrogen (secondary N) is 1. The molecule has 0 spiro atoms. The summed E-state index contributed by atoms with van der Waals surface area (Å²) < 4.78 is 18.7. The van der Waals surface area contributed by atoms with E-state index in [0.717, 1.165) is 49.9 Å². The maximum atomic E-state index is 13.3. The van der Waals surface area contributed by atoms with Crippen molar-refractivity contribution in [3.63, 3.8) is 0 Å². The zero-order valence-electron chi connectivity index (χ0n) is 17.0. The van der Waals surface area contributed by atoms with Crippen LogP contribution < -0.4 is 5.32 Å². The fraction of sp³-hybridized carbons (Fsp3) is 0.609. The van der Waals surface area contributed by atoms with Crippen LogP contribution in [0.5, 0.6) is 0 Å². The molecule has 5 aliphatic rings. The van der Waals surface area contributed by atoms with Gasteiger partial charge in [-0.1, -0.05) is 5.16 Å². The number of amides is 2. The van der Waals surface area contributed by atoms with E-state index in [9.17, 15) is 9.18 Å². The van der Waals surface area contributed by atoms with E-state index in [1.165, 1.54) is 31.4 Å². The third kappa shape index (κ3) is 3.10. The Hall–Kier alpha value is -2.44. The van der Waals surface area contributed by atoms with Crippen molar-refractivity contribution in [3.05, 3.63) is 36.0 Å². The van der Waals surface area contributed by atoms with Gasteiger partial charge in [0.2, 0.25) is 11.7 Å². The van der Waals surface area contributed by atoms with Gasteiger partial charge in [0.25, 0.3) is 0 Å². The van der Waals surface area contributed by atoms with Gasteiger partial charge in [0.1, 0.15) is 11.9 Å². The SMILES string of the molecule is O=C(NC12CC3CC(CC(C3)C1)C2)N1CCCC1c1nc(-c2ccc(F)cc2)no1. The number of carbonyl (C=O) groups is 1. The average Bonchev–Trinajstić information content (AvgIpc) is 3.36. The number of aromatic nitrogens is 2. The number of likely N-dealkylation sites (tertiary alicyclic amines) is 1. The molecule has 4 saturated carbocycles. The molecule has 1 aliphatic heterocycles. The van der Waals surface area contributed by atoms with Gasteiger partial charge in [-0.3, -0.25) is 0 Å². The number of halogens is 1. The Bertz CT molecular complexity index is 921. The van der Waals surface area contributed by atoms with Crippen LogP contribution in [-0.2, 0) is 0 Å². The first-order chi connectivity index (χ1) is 14.6. The molecule has 7 rings (SSSR count). The first-order valence-electron chi connectivity index (χ1n) is 11.3. The molecule has 5 fully saturated rings. The lowest BCUT2D eigenvalue weighted by atomic mass is 9.53. The monoisotopic (exact) mass is 410 g/mol. The van der Waals surface area contributed by atoms with Crippen molar-refractivity contribution in [3.8, 4) is 11.4 Å². The second-order valence-electron chi connectivity index (χ2n) is 9.94. The van der Waals surface area contributed by atoms with E-state index in [2.05, 4.69) is 15.5 Å². The maximum absolute atomic E-state index is 13.3. The number of carbonyl (C=O) groups excluding carboxylic acids is 1. The van der Waals surface area contributed by atoms with E-state index >= 15 is 0 Å². The summed E-state index contributed by atoms with van der Waals surface area (Å²) in [6, 6.07) is 5.85. The molecule has 30 heavy (non-hydrogen) atoms. The van der Waals surface area contributed by atoms with E-state index < -0.39 is 0 Å². The molecule has 4 aliphatic carbocycles. The van der Waals surface area contributed by atoms with Crippen molar-refractivity contribution < 1.29 is 13.7 Å². The van der Waals surface area contributed by atoms with Gasteiger partial charge < -0.3 is 14.7 Å². The van der Waals surface area contributed by atoms with Crippen molar-refractivity contribution in [2.24, 2.45) is 17.8 Å². The summed E-state index contributed by atoms with van der Waals surface area (Å²) in [6.07, 6.45) is 9.23. The predicted octanol–water partition coefficient (Wildman–Crippen LogP) is 4.69. The normalized spacial score (nSPS) is 34.5. The summed E-state index contributed by atoms with van der Waals surface area (Å²) >= 11 is 0. The summed E-state index contributed by atoms with van der Waals surface area (Å²) in [5, 5.41) is 7.53. The smallest absolute Gasteiger partial charge is 0.318 e. The third-order valence-electron chi connectivity index (χ3n) is 7.75. The van der Waals surface area contributed by atoms with Crippen LogP contribution in [0.2, 0.25) is 0 Å². The van der Waals surface area contributed by atoms with Gasteiger partial charge in [-0.2, -0.15) is 4.98 Å². The minimum Gasteiger partial charge on any atom is -0.337 e. The second-order valence-corrected chi connectivity index (χ2v) is 9.94. The standard InChI is InChI=1S/C23H27FN4O2/c24-18-5-3-17(4-6-18)20-25-21(30-27-20)19-2-1-7-28(19)22(29)26-23-11-14-8-15(12-23)10-16(9-14)13-23/h3-6,14-16,19H,1-2,7-13H2,(H,26,29). The van der Waals surface area contributed by atoms with Gasteiger partial charge in [0.05, 0.1) is 0 Å². The predicted molar refractivity (Wildman–Crippen MR) is 108 cm³/mol. The molecule has 2 heterocycles. The fourth-order valence-corrected chi connectivity index (χ4v) is 6.92. The first kappa shape index (κ1) is 18.3. The van der Waals surface area contributed by atoms with Crippen LogP contribution in [0.15, 0.2) is 28.8 Å². The van der Waals surface area contributed by atoms with Crippen molar-refractivity contribution in [2.45, 2.75) is 62.9 Å². The van der Waals surface area contributed by atoms with Crippen LogP contribution in [0, 0.1) is 23.6 Å². The highest BCUT2D eigenvalue weighted by Gasteiger charge is 2.52. The van der Waals surface area contributed by atoms with Crippen molar-refractivity contribution >= 4 is 6.03 Å². The Morgan fingerprint density at radius 2 is 1.77 bits per heavy atom. The molecule has 1 saturated heterocycles. The molecule has 1 atom stereocenters. The molecule has 1 aromatic heterocycles. The number of hydrogen-bond acceptors (Lipinski definition) is 4. The summed E-state index contributed by atoms with van der Waals surface area (Å²) in [7, 11) is 0. The van der Waals surface area contributed by atoms with E-state index in [4.69, 9.17) is 4.52 Å². The Balaban J connectivity index is 1.19. The molecule has 0 radical (unpaired) electrons. The van der Waals surface area contributed by atoms with Gasteiger partial charge in [-0.25, -0.2) is 9.18 Å². The topological polar surface area (TPSA) is 71.3 Å². The molecule has 1 unspecified atom stereocenters. The van der Waals surface area contributed by atoms with E-state index in [0.29, 0.717) is 23.8 Å². The molecule has 1 aromatic carbocycles. The summed E-state index contributed by atoms with van der Waals surface area (Å²) in [5.41, 5.74) is 0.696. The Kier molecular flexibility index (Phi) is 4.15. The van der Waals surface area contributed by atoms with Crippen LogP contribution >= 0.6 is 0 Å². The van der Waals surface area contributed by atoms with E-state index in [1.54, 1.807) is 12.1 Å². The fourth-order valence-electron chi connectivity index (χ4n) is 6.92. The minimum absolute atomic E-state index is 0.00686. The molecule has 6 nitrogen and oxygen atoms in total. The lowest BCUT2D eigenvalue weighted by Gasteiger charge is -2.57. The van der Waals surface area contributed by atoms with Gasteiger partial charge >= 0.3 is 6.03 Å². The number of hydrogen-bond donors (Lipinski definition) is 1. The molecular formula is C23H27FN4O2. The van der Waals surface area contributed by atoms with Crippen LogP contribution in [-0.4, -0.2) is 33.2 Å². The number of nitrogens with zero attached hydrogens (tertiary/aromatic N) is 3. The third-order valence-corrected chi connectivity index (χ3v) is 7.75. The second kappa shape index (κ2) is 6.79.